The first-order chi connectivity index (χ1) is 12.4. The van der Waals surface area contributed by atoms with Gasteiger partial charge in [-0.05, 0) is 32.6 Å². The van der Waals surface area contributed by atoms with Crippen LogP contribution in [0.15, 0.2) is 33.5 Å². The SMILES string of the molecule is CC(C)=CCN1C[C@H]2CC[C@@H]1CN(C(=O)CCn1ccc(=O)[nH]c1=O)C2. The van der Waals surface area contributed by atoms with E-state index in [1.807, 2.05) is 4.90 Å². The van der Waals surface area contributed by atoms with Crippen molar-refractivity contribution in [1.82, 2.24) is 19.4 Å². The summed E-state index contributed by atoms with van der Waals surface area (Å²) in [6.07, 6.45) is 6.31. The molecule has 4 rings (SSSR count). The Balaban J connectivity index is 1.61. The van der Waals surface area contributed by atoms with Crippen LogP contribution in [0.3, 0.4) is 0 Å². The number of aromatic amines is 1. The molecule has 142 valence electrons. The Bertz CT molecular complexity index is 790. The highest BCUT2D eigenvalue weighted by Crippen LogP contribution is 2.28. The lowest BCUT2D eigenvalue weighted by Crippen LogP contribution is -2.44. The summed E-state index contributed by atoms with van der Waals surface area (Å²) in [4.78, 5) is 42.3. The van der Waals surface area contributed by atoms with Crippen LogP contribution in [0.5, 0.6) is 0 Å². The van der Waals surface area contributed by atoms with Gasteiger partial charge < -0.3 is 9.47 Å². The summed E-state index contributed by atoms with van der Waals surface area (Å²) >= 11 is 0. The number of rotatable bonds is 5. The number of hydrogen-bond acceptors (Lipinski definition) is 4. The molecule has 4 heterocycles. The second kappa shape index (κ2) is 8.03. The van der Waals surface area contributed by atoms with Crippen LogP contribution in [-0.2, 0) is 11.3 Å². The topological polar surface area (TPSA) is 78.4 Å². The lowest BCUT2D eigenvalue weighted by Gasteiger charge is -2.35. The fraction of sp³-hybridized carbons (Fsp3) is 0.632. The monoisotopic (exact) mass is 360 g/mol. The molecule has 0 aromatic carbocycles. The maximum Gasteiger partial charge on any atom is 0.328 e. The largest absolute Gasteiger partial charge is 0.341 e. The second-order valence-corrected chi connectivity index (χ2v) is 7.68. The molecule has 0 radical (unpaired) electrons. The number of allylic oxidation sites excluding steroid dienone is 1. The number of hydrogen-bond donors (Lipinski definition) is 1. The Morgan fingerprint density at radius 1 is 1.23 bits per heavy atom. The van der Waals surface area contributed by atoms with E-state index in [1.54, 1.807) is 0 Å². The number of carbonyl (C=O) groups is 1. The predicted molar refractivity (Wildman–Crippen MR) is 100 cm³/mol. The summed E-state index contributed by atoms with van der Waals surface area (Å²) in [6.45, 7) is 8.11. The zero-order valence-corrected chi connectivity index (χ0v) is 15.6. The number of piperidine rings is 1. The third kappa shape index (κ3) is 4.52. The Morgan fingerprint density at radius 2 is 2.04 bits per heavy atom. The van der Waals surface area contributed by atoms with Crippen LogP contribution >= 0.6 is 0 Å². The molecule has 7 nitrogen and oxygen atoms in total. The van der Waals surface area contributed by atoms with E-state index in [9.17, 15) is 14.4 Å². The zero-order valence-electron chi connectivity index (χ0n) is 15.6. The highest BCUT2D eigenvalue weighted by molar-refractivity contribution is 5.76. The average molecular weight is 360 g/mol. The molecular weight excluding hydrogens is 332 g/mol. The molecule has 3 fully saturated rings. The molecule has 3 aliphatic heterocycles. The summed E-state index contributed by atoms with van der Waals surface area (Å²) < 4.78 is 1.38. The molecule has 2 bridgehead atoms. The van der Waals surface area contributed by atoms with Gasteiger partial charge in [-0.15, -0.1) is 0 Å². The molecule has 0 aliphatic carbocycles. The van der Waals surface area contributed by atoms with E-state index < -0.39 is 11.2 Å². The second-order valence-electron chi connectivity index (χ2n) is 7.68. The highest BCUT2D eigenvalue weighted by atomic mass is 16.2. The van der Waals surface area contributed by atoms with Crippen LogP contribution in [0.1, 0.15) is 33.1 Å². The van der Waals surface area contributed by atoms with Gasteiger partial charge in [0.15, 0.2) is 0 Å². The Morgan fingerprint density at radius 3 is 2.77 bits per heavy atom. The molecule has 0 spiro atoms. The molecule has 2 atom stereocenters. The van der Waals surface area contributed by atoms with Crippen LogP contribution in [-0.4, -0.2) is 57.5 Å². The minimum Gasteiger partial charge on any atom is -0.341 e. The molecule has 1 N–H and O–H groups in total. The van der Waals surface area contributed by atoms with Gasteiger partial charge in [0.05, 0.1) is 0 Å². The number of carbonyl (C=O) groups excluding carboxylic acids is 1. The number of fused-ring (bicyclic) bond motifs is 4. The smallest absolute Gasteiger partial charge is 0.328 e. The predicted octanol–water partition coefficient (Wildman–Crippen LogP) is 0.816. The van der Waals surface area contributed by atoms with Crippen LogP contribution < -0.4 is 11.2 Å². The number of H-pyrrole nitrogens is 1. The Labute approximate surface area is 153 Å². The molecule has 1 aromatic rings. The number of nitrogens with zero attached hydrogens (tertiary/aromatic N) is 3. The van der Waals surface area contributed by atoms with Gasteiger partial charge in [-0.25, -0.2) is 4.79 Å². The van der Waals surface area contributed by atoms with E-state index >= 15 is 0 Å². The Hall–Kier alpha value is -2.15. The third-order valence-electron chi connectivity index (χ3n) is 5.38. The van der Waals surface area contributed by atoms with E-state index in [-0.39, 0.29) is 12.3 Å². The molecule has 1 aromatic heterocycles. The first kappa shape index (κ1) is 18.6. The van der Waals surface area contributed by atoms with Gasteiger partial charge in [0.1, 0.15) is 0 Å². The summed E-state index contributed by atoms with van der Waals surface area (Å²) in [5, 5.41) is 0. The first-order valence-corrected chi connectivity index (χ1v) is 9.37. The maximum absolute atomic E-state index is 12.7. The number of nitrogens with one attached hydrogen (secondary N) is 1. The highest BCUT2D eigenvalue weighted by Gasteiger charge is 2.35. The van der Waals surface area contributed by atoms with Crippen molar-refractivity contribution >= 4 is 5.91 Å². The minimum absolute atomic E-state index is 0.0871. The van der Waals surface area contributed by atoms with Gasteiger partial charge in [-0.1, -0.05) is 11.6 Å². The lowest BCUT2D eigenvalue weighted by molar-refractivity contribution is -0.131. The van der Waals surface area contributed by atoms with Crippen LogP contribution in [0.4, 0.5) is 0 Å². The van der Waals surface area contributed by atoms with Crippen molar-refractivity contribution in [2.75, 3.05) is 26.2 Å². The van der Waals surface area contributed by atoms with Crippen LogP contribution in [0.2, 0.25) is 0 Å². The van der Waals surface area contributed by atoms with Crippen molar-refractivity contribution in [2.24, 2.45) is 5.92 Å². The van der Waals surface area contributed by atoms with Crippen LogP contribution in [0.25, 0.3) is 0 Å². The maximum atomic E-state index is 12.7. The third-order valence-corrected chi connectivity index (χ3v) is 5.38. The summed E-state index contributed by atoms with van der Waals surface area (Å²) in [5.74, 6) is 0.614. The quantitative estimate of drug-likeness (QED) is 0.789. The summed E-state index contributed by atoms with van der Waals surface area (Å²) in [6, 6.07) is 1.73. The van der Waals surface area contributed by atoms with Gasteiger partial charge >= 0.3 is 5.69 Å². The minimum atomic E-state index is -0.464. The van der Waals surface area contributed by atoms with Gasteiger partial charge in [0.25, 0.3) is 5.56 Å². The molecule has 26 heavy (non-hydrogen) atoms. The summed E-state index contributed by atoms with van der Waals surface area (Å²) in [7, 11) is 0. The Kier molecular flexibility index (Phi) is 5.76. The first-order valence-electron chi connectivity index (χ1n) is 9.37. The van der Waals surface area contributed by atoms with Gasteiger partial charge in [-0.3, -0.25) is 19.5 Å². The van der Waals surface area contributed by atoms with E-state index in [4.69, 9.17) is 0 Å². The molecule has 3 aliphatic rings. The molecule has 0 saturated carbocycles. The number of amides is 1. The number of aryl methyl sites for hydroxylation is 1. The van der Waals surface area contributed by atoms with Crippen molar-refractivity contribution < 1.29 is 4.79 Å². The summed E-state index contributed by atoms with van der Waals surface area (Å²) in [5.41, 5.74) is 0.441. The molecule has 7 heteroatoms. The lowest BCUT2D eigenvalue weighted by atomic mass is 9.95. The van der Waals surface area contributed by atoms with Gasteiger partial charge in [0.2, 0.25) is 5.91 Å². The van der Waals surface area contributed by atoms with Crippen LogP contribution in [0, 0.1) is 5.92 Å². The fourth-order valence-electron chi connectivity index (χ4n) is 3.90. The van der Waals surface area contributed by atoms with Crippen molar-refractivity contribution in [3.63, 3.8) is 0 Å². The standard InChI is InChI=1S/C19H28N4O3/c1-14(2)5-8-22-11-15-3-4-16(22)13-23(12-15)18(25)7-10-21-9-6-17(24)20-19(21)26/h5-6,9,15-16H,3-4,7-8,10-13H2,1-2H3,(H,20,24,26)/t15-,16-/m1/s1. The average Bonchev–Trinajstić information content (AvgIpc) is 2.91. The van der Waals surface area contributed by atoms with Gasteiger partial charge in [-0.2, -0.15) is 0 Å². The normalized spacial score (nSPS) is 22.9. The zero-order chi connectivity index (χ0) is 18.7. The van der Waals surface area contributed by atoms with Crippen molar-refractivity contribution in [1.29, 1.82) is 0 Å². The van der Waals surface area contributed by atoms with E-state index in [0.29, 0.717) is 18.5 Å². The number of aromatic nitrogens is 2. The molecule has 3 saturated heterocycles. The van der Waals surface area contributed by atoms with E-state index in [2.05, 4.69) is 29.8 Å². The fourth-order valence-corrected chi connectivity index (χ4v) is 3.90. The van der Waals surface area contributed by atoms with Gasteiger partial charge in [0, 0.05) is 57.4 Å². The molecule has 0 unspecified atom stereocenters. The van der Waals surface area contributed by atoms with Crippen molar-refractivity contribution in [3.8, 4) is 0 Å². The van der Waals surface area contributed by atoms with Crippen molar-refractivity contribution in [2.45, 2.75) is 45.7 Å². The molecular formula is C19H28N4O3. The van der Waals surface area contributed by atoms with E-state index in [1.165, 1.54) is 28.8 Å². The van der Waals surface area contributed by atoms with E-state index in [0.717, 1.165) is 32.6 Å². The van der Waals surface area contributed by atoms with Crippen molar-refractivity contribution in [3.05, 3.63) is 44.8 Å². The molecule has 1 amide bonds.